The Morgan fingerprint density at radius 2 is 0.938 bits per heavy atom. The standard InChI is InChI=1S/C2H6S2.2CN.CHO.2CO.2Fe/c3-1-2-4;5*1-2;;/h3-4H,1-2H2;;;1H;;;;/q;3*-1;;;+2;+3/p+2. The molecule has 0 aliphatic carbocycles. The number of hydrogen-bond donors (Lipinski definition) is 0. The first-order valence-corrected chi connectivity index (χ1v) is 3.71. The monoisotopic (exact) mass is 345 g/mol. The van der Waals surface area contributed by atoms with Gasteiger partial charge in [-0.3, -0.25) is 6.79 Å². The van der Waals surface area contributed by atoms with Gasteiger partial charge >= 0.3 is 56.7 Å². The minimum Gasteiger partial charge on any atom is -0.545 e. The molecule has 0 spiro atoms. The number of nitrogens with zero attached hydrogens (tertiary/aromatic N) is 2. The molecule has 16 heavy (non-hydrogen) atoms. The molecule has 0 aromatic carbocycles. The van der Waals surface area contributed by atoms with Crippen LogP contribution in [0.1, 0.15) is 0 Å². The van der Waals surface area contributed by atoms with E-state index in [9.17, 15) is 0 Å². The third-order valence-corrected chi connectivity index (χ3v) is 1.12. The van der Waals surface area contributed by atoms with E-state index in [2.05, 4.69) is 45.3 Å². The van der Waals surface area contributed by atoms with Crippen molar-refractivity contribution in [1.29, 1.82) is 10.5 Å². The average Bonchev–Trinajstić information content (AvgIpc) is 2.41. The van der Waals surface area contributed by atoms with Gasteiger partial charge in [-0.05, 0) is 25.3 Å². The molecule has 1 radical (unpaired) electrons. The quantitative estimate of drug-likeness (QED) is 0.259. The molecule has 0 fully saturated rings. The summed E-state index contributed by atoms with van der Waals surface area (Å²) in [5, 5.41) is 12.5. The van der Waals surface area contributed by atoms with E-state index >= 15 is 0 Å². The number of hydrogen-bond acceptors (Lipinski definition) is 3. The van der Waals surface area contributed by atoms with Gasteiger partial charge in [0.15, 0.2) is 0 Å². The Hall–Kier alpha value is -0.131. The average molecular weight is 345 g/mol. The van der Waals surface area contributed by atoms with Crippen molar-refractivity contribution >= 4 is 32.0 Å². The zero-order valence-corrected chi connectivity index (χ0v) is 12.0. The first kappa shape index (κ1) is 56.7. The predicted molar refractivity (Wildman–Crippen MR) is 54.6 cm³/mol. The summed E-state index contributed by atoms with van der Waals surface area (Å²) in [4.78, 5) is 7.75. The fraction of sp³-hybridized carbons (Fsp3) is 0.286. The summed E-state index contributed by atoms with van der Waals surface area (Å²) in [6.07, 6.45) is 0. The summed E-state index contributed by atoms with van der Waals surface area (Å²) in [5.74, 6) is 2.08. The maximum Gasteiger partial charge on any atom is 3.00 e. The van der Waals surface area contributed by atoms with Crippen LogP contribution < -0.4 is 0 Å². The van der Waals surface area contributed by atoms with E-state index in [1.165, 1.54) is 0 Å². The molecule has 0 saturated heterocycles. The molecule has 0 bridgehead atoms. The smallest absolute Gasteiger partial charge is 0.545 e. The van der Waals surface area contributed by atoms with Gasteiger partial charge in [-0.25, -0.2) is 0 Å². The van der Waals surface area contributed by atoms with Crippen molar-refractivity contribution in [3.05, 3.63) is 26.4 Å². The van der Waals surface area contributed by atoms with E-state index in [-0.39, 0.29) is 34.1 Å². The zero-order chi connectivity index (χ0) is 13.4. The Morgan fingerprint density at radius 3 is 0.938 bits per heavy atom. The molecule has 0 heterocycles. The van der Waals surface area contributed by atoms with Crippen LogP contribution in [0.5, 0.6) is 0 Å². The predicted octanol–water partition coefficient (Wildman–Crippen LogP) is -1.15. The second kappa shape index (κ2) is 819. The summed E-state index contributed by atoms with van der Waals surface area (Å²) in [6, 6.07) is 0. The van der Waals surface area contributed by atoms with Crippen molar-refractivity contribution in [2.45, 2.75) is 0 Å². The minimum absolute atomic E-state index is 0. The van der Waals surface area contributed by atoms with Crippen LogP contribution in [-0.2, 0) is 73.5 Å². The topological polar surface area (TPSA) is 104 Å². The minimum atomic E-state index is 0. The van der Waals surface area contributed by atoms with Gasteiger partial charge in [-0.1, -0.05) is 0 Å². The normalized spacial score (nSPS) is 2.62. The third kappa shape index (κ3) is 3040. The fourth-order valence-corrected chi connectivity index (χ4v) is 0. The molecule has 0 N–H and O–H groups in total. The fourth-order valence-electron chi connectivity index (χ4n) is 0. The van der Waals surface area contributed by atoms with E-state index in [0.717, 1.165) is 11.5 Å². The summed E-state index contributed by atoms with van der Waals surface area (Å²) in [6.45, 7) is 21.8. The molecule has 0 aromatic rings. The molecule has 0 aliphatic heterocycles. The molecule has 0 unspecified atom stereocenters. The maximum absolute atomic E-state index is 7.75. The maximum atomic E-state index is 7.75. The molecule has 9 heteroatoms. The Kier molecular flexibility index (Phi) is 2900. The van der Waals surface area contributed by atoms with Crippen LogP contribution in [0.25, 0.3) is 0 Å². The van der Waals surface area contributed by atoms with Gasteiger partial charge in [0.2, 0.25) is 0 Å². The van der Waals surface area contributed by atoms with Crippen molar-refractivity contribution in [2.75, 3.05) is 11.5 Å². The first-order chi connectivity index (χ1) is 6.91. The van der Waals surface area contributed by atoms with Crippen LogP contribution in [0.2, 0.25) is 0 Å². The molecule has 89 valence electrons. The van der Waals surface area contributed by atoms with E-state index in [0.29, 0.717) is 0 Å². The Labute approximate surface area is 128 Å². The Balaban J connectivity index is -0.00000000810. The molecular weight excluding hydrogens is 336 g/mol. The Bertz CT molecular complexity index is 106. The van der Waals surface area contributed by atoms with Gasteiger partial charge in [0.05, 0.1) is 0 Å². The van der Waals surface area contributed by atoms with Crippen molar-refractivity contribution in [1.82, 2.24) is 0 Å². The van der Waals surface area contributed by atoms with Crippen LogP contribution in [0, 0.1) is 37.0 Å². The Morgan fingerprint density at radius 1 is 0.875 bits per heavy atom. The molecule has 5 nitrogen and oxygen atoms in total. The third-order valence-electron chi connectivity index (χ3n) is 0.125. The van der Waals surface area contributed by atoms with Crippen molar-refractivity contribution < 1.29 is 48.2 Å². The summed E-state index contributed by atoms with van der Waals surface area (Å²) in [5.41, 5.74) is 0. The molecule has 0 amide bonds. The van der Waals surface area contributed by atoms with Gasteiger partial charge in [0.1, 0.15) is 11.5 Å². The van der Waals surface area contributed by atoms with E-state index in [1.54, 1.807) is 0 Å². The molecule has 0 rings (SSSR count). The summed E-state index contributed by atoms with van der Waals surface area (Å²) >= 11 is 6.48. The second-order valence-electron chi connectivity index (χ2n) is 0.500. The number of rotatable bonds is 1. The van der Waals surface area contributed by atoms with Crippen molar-refractivity contribution in [2.24, 2.45) is 0 Å². The zero-order valence-electron chi connectivity index (χ0n) is 7.82. The van der Waals surface area contributed by atoms with Gasteiger partial charge in [0, 0.05) is 0 Å². The first-order valence-electron chi connectivity index (χ1n) is 2.30. The van der Waals surface area contributed by atoms with Crippen LogP contribution in [0.3, 0.4) is 0 Å². The SMILES string of the molecule is [C-]#N.[C-]#N.[C-]#[O+].[C-]#[O+].[CH-]=O.[Fe+2].[Fe+3].[SH2+]CC[SH2+]. The van der Waals surface area contributed by atoms with Gasteiger partial charge in [-0.2, -0.15) is 0 Å². The van der Waals surface area contributed by atoms with Crippen LogP contribution in [-0.4, -0.2) is 18.3 Å². The van der Waals surface area contributed by atoms with Crippen LogP contribution >= 0.6 is 0 Å². The summed E-state index contributed by atoms with van der Waals surface area (Å²) in [7, 11) is 0. The molecule has 0 saturated carbocycles. The van der Waals surface area contributed by atoms with Gasteiger partial charge in [-0.15, -0.1) is 0 Å². The molecule has 0 aromatic heterocycles. The molecule has 0 aliphatic rings. The number of carbonyl (C=O) groups excluding carboxylic acids is 1. The molecule has 0 atom stereocenters. The van der Waals surface area contributed by atoms with E-state index in [4.69, 9.17) is 37.8 Å². The van der Waals surface area contributed by atoms with Gasteiger partial charge in [0.25, 0.3) is 0 Å². The molecular formula is C7H9Fe2N2O3S2+4. The van der Waals surface area contributed by atoms with E-state index in [1.807, 2.05) is 0 Å². The van der Waals surface area contributed by atoms with Crippen molar-refractivity contribution in [3.63, 3.8) is 0 Å². The second-order valence-corrected chi connectivity index (χ2v) is 1.50. The largest absolute Gasteiger partial charge is 3.00 e. The van der Waals surface area contributed by atoms with Crippen LogP contribution in [0.15, 0.2) is 0 Å². The van der Waals surface area contributed by atoms with E-state index < -0.39 is 0 Å². The van der Waals surface area contributed by atoms with Crippen molar-refractivity contribution in [3.8, 4) is 0 Å². The van der Waals surface area contributed by atoms with Gasteiger partial charge < -0.3 is 28.5 Å². The summed E-state index contributed by atoms with van der Waals surface area (Å²) < 4.78 is 15.0. The van der Waals surface area contributed by atoms with Crippen LogP contribution in [0.4, 0.5) is 0 Å².